The van der Waals surface area contributed by atoms with E-state index < -0.39 is 0 Å². The Morgan fingerprint density at radius 1 is 1.27 bits per heavy atom. The molecule has 1 fully saturated rings. The maximum absolute atomic E-state index is 12.0. The standard InChI is InChI=1S/C16H17N5O/c22-14-8-13(12-9-18-15-11(12)6-3-7-17-15)20-16(21-14)19-10-4-1-2-5-10/h3,6-10H,1-2,4-5H2,(H,17,18)(H2,19,20,21,22). The van der Waals surface area contributed by atoms with Crippen molar-refractivity contribution in [3.63, 3.8) is 0 Å². The molecule has 0 aromatic carbocycles. The van der Waals surface area contributed by atoms with Crippen LogP contribution in [-0.4, -0.2) is 26.0 Å². The first-order valence-corrected chi connectivity index (χ1v) is 7.60. The van der Waals surface area contributed by atoms with E-state index in [1.54, 1.807) is 6.20 Å². The lowest BCUT2D eigenvalue weighted by atomic mass is 10.1. The Hall–Kier alpha value is -2.63. The summed E-state index contributed by atoms with van der Waals surface area (Å²) in [4.78, 5) is 26.7. The van der Waals surface area contributed by atoms with E-state index in [1.807, 2.05) is 18.3 Å². The van der Waals surface area contributed by atoms with Crippen LogP contribution in [-0.2, 0) is 0 Å². The van der Waals surface area contributed by atoms with E-state index >= 15 is 0 Å². The molecule has 3 aromatic rings. The van der Waals surface area contributed by atoms with E-state index in [4.69, 9.17) is 0 Å². The summed E-state index contributed by atoms with van der Waals surface area (Å²) in [7, 11) is 0. The quantitative estimate of drug-likeness (QED) is 0.693. The Morgan fingerprint density at radius 3 is 3.00 bits per heavy atom. The van der Waals surface area contributed by atoms with Gasteiger partial charge in [-0.1, -0.05) is 12.8 Å². The number of anilines is 1. The SMILES string of the molecule is O=c1cc(-c2c[nH]c3ncccc23)nc(NC2CCCC2)[nH]1. The molecule has 0 amide bonds. The molecule has 22 heavy (non-hydrogen) atoms. The second kappa shape index (κ2) is 5.29. The number of fused-ring (bicyclic) bond motifs is 1. The van der Waals surface area contributed by atoms with Crippen LogP contribution in [0, 0.1) is 0 Å². The van der Waals surface area contributed by atoms with Crippen molar-refractivity contribution in [2.24, 2.45) is 0 Å². The van der Waals surface area contributed by atoms with Gasteiger partial charge in [0.15, 0.2) is 0 Å². The monoisotopic (exact) mass is 295 g/mol. The van der Waals surface area contributed by atoms with Gasteiger partial charge in [-0.05, 0) is 25.0 Å². The number of rotatable bonds is 3. The van der Waals surface area contributed by atoms with Gasteiger partial charge in [0, 0.05) is 35.5 Å². The first-order valence-electron chi connectivity index (χ1n) is 7.60. The average molecular weight is 295 g/mol. The summed E-state index contributed by atoms with van der Waals surface area (Å²) in [5.74, 6) is 0.549. The van der Waals surface area contributed by atoms with Crippen LogP contribution in [0.15, 0.2) is 35.4 Å². The molecular weight excluding hydrogens is 278 g/mol. The van der Waals surface area contributed by atoms with Crippen LogP contribution in [0.5, 0.6) is 0 Å². The van der Waals surface area contributed by atoms with Crippen LogP contribution in [0.3, 0.4) is 0 Å². The van der Waals surface area contributed by atoms with Crippen molar-refractivity contribution in [1.29, 1.82) is 0 Å². The molecule has 0 unspecified atom stereocenters. The van der Waals surface area contributed by atoms with Crippen molar-refractivity contribution in [2.75, 3.05) is 5.32 Å². The van der Waals surface area contributed by atoms with Gasteiger partial charge in [-0.25, -0.2) is 9.97 Å². The third-order valence-corrected chi connectivity index (χ3v) is 4.16. The van der Waals surface area contributed by atoms with E-state index in [9.17, 15) is 4.79 Å². The largest absolute Gasteiger partial charge is 0.353 e. The van der Waals surface area contributed by atoms with Gasteiger partial charge in [0.2, 0.25) is 5.95 Å². The summed E-state index contributed by atoms with van der Waals surface area (Å²) in [5.41, 5.74) is 2.20. The molecule has 112 valence electrons. The summed E-state index contributed by atoms with van der Waals surface area (Å²) in [6.07, 6.45) is 8.31. The molecule has 3 heterocycles. The first-order chi connectivity index (χ1) is 10.8. The molecule has 1 aliphatic carbocycles. The fraction of sp³-hybridized carbons (Fsp3) is 0.312. The summed E-state index contributed by atoms with van der Waals surface area (Å²) in [6.45, 7) is 0. The predicted octanol–water partition coefficient (Wildman–Crippen LogP) is 2.67. The van der Waals surface area contributed by atoms with Crippen molar-refractivity contribution in [2.45, 2.75) is 31.7 Å². The van der Waals surface area contributed by atoms with Crippen LogP contribution in [0.25, 0.3) is 22.3 Å². The Balaban J connectivity index is 1.75. The molecule has 0 bridgehead atoms. The van der Waals surface area contributed by atoms with Crippen LogP contribution in [0.4, 0.5) is 5.95 Å². The topological polar surface area (TPSA) is 86.5 Å². The molecule has 0 spiro atoms. The second-order valence-electron chi connectivity index (χ2n) is 5.71. The molecule has 0 saturated heterocycles. The number of hydrogen-bond acceptors (Lipinski definition) is 4. The van der Waals surface area contributed by atoms with Gasteiger partial charge in [-0.15, -0.1) is 0 Å². The van der Waals surface area contributed by atoms with Gasteiger partial charge < -0.3 is 10.3 Å². The van der Waals surface area contributed by atoms with Crippen LogP contribution >= 0.6 is 0 Å². The molecule has 0 aliphatic heterocycles. The van der Waals surface area contributed by atoms with E-state index in [0.717, 1.165) is 29.4 Å². The van der Waals surface area contributed by atoms with Gasteiger partial charge in [0.1, 0.15) is 5.65 Å². The number of aromatic amines is 2. The van der Waals surface area contributed by atoms with Crippen LogP contribution in [0.1, 0.15) is 25.7 Å². The molecule has 6 heteroatoms. The van der Waals surface area contributed by atoms with E-state index in [2.05, 4.69) is 25.3 Å². The zero-order chi connectivity index (χ0) is 14.9. The van der Waals surface area contributed by atoms with Crippen LogP contribution in [0.2, 0.25) is 0 Å². The number of aromatic nitrogens is 4. The van der Waals surface area contributed by atoms with Gasteiger partial charge in [0.25, 0.3) is 5.56 Å². The zero-order valence-corrected chi connectivity index (χ0v) is 12.1. The Morgan fingerprint density at radius 2 is 2.14 bits per heavy atom. The minimum Gasteiger partial charge on any atom is -0.353 e. The second-order valence-corrected chi connectivity index (χ2v) is 5.71. The average Bonchev–Trinajstić information content (AvgIpc) is 3.15. The molecule has 0 radical (unpaired) electrons. The normalized spacial score (nSPS) is 15.5. The van der Waals surface area contributed by atoms with Crippen molar-refractivity contribution in [3.8, 4) is 11.3 Å². The molecule has 3 aromatic heterocycles. The Kier molecular flexibility index (Phi) is 3.14. The van der Waals surface area contributed by atoms with E-state index in [0.29, 0.717) is 17.7 Å². The number of nitrogens with one attached hydrogen (secondary N) is 3. The maximum atomic E-state index is 12.0. The van der Waals surface area contributed by atoms with Crippen LogP contribution < -0.4 is 10.9 Å². The highest BCUT2D eigenvalue weighted by Gasteiger charge is 2.16. The van der Waals surface area contributed by atoms with E-state index in [1.165, 1.54) is 18.9 Å². The van der Waals surface area contributed by atoms with Gasteiger partial charge in [-0.3, -0.25) is 9.78 Å². The fourth-order valence-electron chi connectivity index (χ4n) is 3.10. The fourth-order valence-corrected chi connectivity index (χ4v) is 3.10. The molecular formula is C16H17N5O. The van der Waals surface area contributed by atoms with Crippen molar-refractivity contribution < 1.29 is 0 Å². The molecule has 1 saturated carbocycles. The highest BCUT2D eigenvalue weighted by Crippen LogP contribution is 2.26. The number of nitrogens with zero attached hydrogens (tertiary/aromatic N) is 2. The summed E-state index contributed by atoms with van der Waals surface area (Å²) < 4.78 is 0. The van der Waals surface area contributed by atoms with Crippen molar-refractivity contribution in [3.05, 3.63) is 40.9 Å². The molecule has 4 rings (SSSR count). The highest BCUT2D eigenvalue weighted by molar-refractivity contribution is 5.92. The summed E-state index contributed by atoms with van der Waals surface area (Å²) in [5, 5.41) is 4.30. The van der Waals surface area contributed by atoms with Gasteiger partial charge in [0.05, 0.1) is 5.69 Å². The number of H-pyrrole nitrogens is 2. The first kappa shape index (κ1) is 13.1. The highest BCUT2D eigenvalue weighted by atomic mass is 16.1. The Labute approximate surface area is 127 Å². The third kappa shape index (κ3) is 2.36. The molecule has 1 aliphatic rings. The van der Waals surface area contributed by atoms with E-state index in [-0.39, 0.29) is 5.56 Å². The minimum absolute atomic E-state index is 0.149. The number of pyridine rings is 1. The van der Waals surface area contributed by atoms with Crippen molar-refractivity contribution >= 4 is 17.0 Å². The lowest BCUT2D eigenvalue weighted by molar-refractivity contribution is 0.743. The third-order valence-electron chi connectivity index (χ3n) is 4.16. The predicted molar refractivity (Wildman–Crippen MR) is 85.8 cm³/mol. The minimum atomic E-state index is -0.149. The maximum Gasteiger partial charge on any atom is 0.252 e. The Bertz CT molecular complexity index is 860. The lowest BCUT2D eigenvalue weighted by Gasteiger charge is -2.12. The molecule has 6 nitrogen and oxygen atoms in total. The van der Waals surface area contributed by atoms with Crippen molar-refractivity contribution in [1.82, 2.24) is 19.9 Å². The van der Waals surface area contributed by atoms with Gasteiger partial charge >= 0.3 is 0 Å². The zero-order valence-electron chi connectivity index (χ0n) is 12.1. The molecule has 0 atom stereocenters. The summed E-state index contributed by atoms with van der Waals surface area (Å²) >= 11 is 0. The smallest absolute Gasteiger partial charge is 0.252 e. The summed E-state index contributed by atoms with van der Waals surface area (Å²) in [6, 6.07) is 5.78. The molecule has 3 N–H and O–H groups in total. The number of hydrogen-bond donors (Lipinski definition) is 3. The lowest BCUT2D eigenvalue weighted by Crippen LogP contribution is -2.20. The van der Waals surface area contributed by atoms with Gasteiger partial charge in [-0.2, -0.15) is 0 Å².